The van der Waals surface area contributed by atoms with E-state index in [1.54, 1.807) is 4.90 Å². The average molecular weight is 201 g/mol. The van der Waals surface area contributed by atoms with Crippen molar-refractivity contribution in [2.24, 2.45) is 5.92 Å². The fourth-order valence-electron chi connectivity index (χ4n) is 1.72. The maximum Gasteiger partial charge on any atom is 0.309 e. The topological polar surface area (TPSA) is 66.8 Å². The number of methoxy groups -OCH3 is 1. The highest BCUT2D eigenvalue weighted by molar-refractivity contribution is 5.75. The summed E-state index contributed by atoms with van der Waals surface area (Å²) in [6, 6.07) is 0. The lowest BCUT2D eigenvalue weighted by Gasteiger charge is -2.35. The van der Waals surface area contributed by atoms with E-state index in [2.05, 4.69) is 0 Å². The number of rotatable bonds is 2. The first kappa shape index (κ1) is 11.0. The Hall–Kier alpha value is -1.10. The van der Waals surface area contributed by atoms with Crippen molar-refractivity contribution in [3.8, 4) is 0 Å². The van der Waals surface area contributed by atoms with Crippen molar-refractivity contribution in [2.75, 3.05) is 20.2 Å². The van der Waals surface area contributed by atoms with E-state index in [-0.39, 0.29) is 12.0 Å². The maximum absolute atomic E-state index is 11.1. The number of hydrogen-bond acceptors (Lipinski definition) is 3. The summed E-state index contributed by atoms with van der Waals surface area (Å²) in [6.07, 6.45) is 0.0816. The summed E-state index contributed by atoms with van der Waals surface area (Å²) < 4.78 is 5.07. The molecule has 0 aromatic rings. The molecule has 5 nitrogen and oxygen atoms in total. The molecule has 2 atom stereocenters. The molecule has 0 aliphatic carbocycles. The van der Waals surface area contributed by atoms with Crippen LogP contribution in [0.1, 0.15) is 13.3 Å². The molecule has 0 aromatic heterocycles. The molecule has 1 aliphatic rings. The Bertz CT molecular complexity index is 241. The molecule has 5 heteroatoms. The van der Waals surface area contributed by atoms with E-state index in [4.69, 9.17) is 9.84 Å². The summed E-state index contributed by atoms with van der Waals surface area (Å²) in [4.78, 5) is 23.5. The van der Waals surface area contributed by atoms with Crippen LogP contribution in [0, 0.1) is 5.92 Å². The van der Waals surface area contributed by atoms with Crippen molar-refractivity contribution >= 4 is 11.9 Å². The minimum atomic E-state index is -0.847. The normalized spacial score (nSPS) is 27.4. The molecular weight excluding hydrogens is 186 g/mol. The van der Waals surface area contributed by atoms with Crippen LogP contribution in [0.2, 0.25) is 0 Å². The molecule has 1 rings (SSSR count). The minimum absolute atomic E-state index is 0.0316. The van der Waals surface area contributed by atoms with Crippen LogP contribution in [0.5, 0.6) is 0 Å². The highest BCUT2D eigenvalue weighted by Gasteiger charge is 2.34. The number of carbonyl (C=O) groups excluding carboxylic acids is 1. The summed E-state index contributed by atoms with van der Waals surface area (Å²) in [6.45, 7) is 2.36. The van der Waals surface area contributed by atoms with Crippen molar-refractivity contribution in [3.05, 3.63) is 0 Å². The van der Waals surface area contributed by atoms with E-state index >= 15 is 0 Å². The maximum atomic E-state index is 11.1. The van der Waals surface area contributed by atoms with Crippen LogP contribution >= 0.6 is 0 Å². The standard InChI is InChI=1S/C9H15NO4/c1-6(11)10-4-3-7(9(12)13)8(5-10)14-2/h7-8H,3-5H2,1-2H3,(H,12,13). The highest BCUT2D eigenvalue weighted by Crippen LogP contribution is 2.20. The summed E-state index contributed by atoms with van der Waals surface area (Å²) in [5.41, 5.74) is 0. The molecule has 80 valence electrons. The second kappa shape index (κ2) is 4.41. The van der Waals surface area contributed by atoms with Gasteiger partial charge in [-0.15, -0.1) is 0 Å². The van der Waals surface area contributed by atoms with E-state index in [0.717, 1.165) is 0 Å². The number of amides is 1. The molecule has 1 N–H and O–H groups in total. The summed E-state index contributed by atoms with van der Waals surface area (Å²) in [7, 11) is 1.48. The molecule has 14 heavy (non-hydrogen) atoms. The van der Waals surface area contributed by atoms with E-state index in [1.165, 1.54) is 14.0 Å². The number of piperidine rings is 1. The van der Waals surface area contributed by atoms with Gasteiger partial charge in [0.15, 0.2) is 0 Å². The van der Waals surface area contributed by atoms with Gasteiger partial charge in [0.25, 0.3) is 0 Å². The minimum Gasteiger partial charge on any atom is -0.481 e. The van der Waals surface area contributed by atoms with Gasteiger partial charge in [-0.05, 0) is 6.42 Å². The first-order valence-corrected chi connectivity index (χ1v) is 4.57. The second-order valence-corrected chi connectivity index (χ2v) is 3.47. The third kappa shape index (κ3) is 2.23. The molecule has 2 unspecified atom stereocenters. The first-order valence-electron chi connectivity index (χ1n) is 4.57. The van der Waals surface area contributed by atoms with Gasteiger partial charge in [-0.3, -0.25) is 9.59 Å². The number of carbonyl (C=O) groups is 2. The fraction of sp³-hybridized carbons (Fsp3) is 0.778. The number of aliphatic carboxylic acids is 1. The molecule has 1 aliphatic heterocycles. The van der Waals surface area contributed by atoms with Crippen molar-refractivity contribution in [3.63, 3.8) is 0 Å². The Labute approximate surface area is 82.6 Å². The Morgan fingerprint density at radius 3 is 2.57 bits per heavy atom. The van der Waals surface area contributed by atoms with Gasteiger partial charge in [0.2, 0.25) is 5.91 Å². The van der Waals surface area contributed by atoms with Gasteiger partial charge >= 0.3 is 5.97 Å². The van der Waals surface area contributed by atoms with Crippen molar-refractivity contribution < 1.29 is 19.4 Å². The van der Waals surface area contributed by atoms with E-state index in [0.29, 0.717) is 19.5 Å². The predicted molar refractivity (Wildman–Crippen MR) is 48.8 cm³/mol. The lowest BCUT2D eigenvalue weighted by atomic mass is 9.94. The molecule has 1 saturated heterocycles. The predicted octanol–water partition coefficient (Wildman–Crippen LogP) is -0.0456. The van der Waals surface area contributed by atoms with Crippen LogP contribution in [0.25, 0.3) is 0 Å². The third-order valence-electron chi connectivity index (χ3n) is 2.62. The molecule has 1 amide bonds. The lowest BCUT2D eigenvalue weighted by Crippen LogP contribution is -2.48. The van der Waals surface area contributed by atoms with Gasteiger partial charge in [0, 0.05) is 27.1 Å². The quantitative estimate of drug-likeness (QED) is 0.680. The van der Waals surface area contributed by atoms with Crippen LogP contribution in [-0.2, 0) is 14.3 Å². The summed E-state index contributed by atoms with van der Waals surface area (Å²) in [5.74, 6) is -1.37. The largest absolute Gasteiger partial charge is 0.481 e. The molecule has 1 heterocycles. The Balaban J connectivity index is 2.63. The van der Waals surface area contributed by atoms with Gasteiger partial charge in [-0.25, -0.2) is 0 Å². The fourth-order valence-corrected chi connectivity index (χ4v) is 1.72. The van der Waals surface area contributed by atoms with E-state index < -0.39 is 11.9 Å². The van der Waals surface area contributed by atoms with Crippen LogP contribution in [0.3, 0.4) is 0 Å². The number of likely N-dealkylation sites (tertiary alicyclic amines) is 1. The zero-order valence-corrected chi connectivity index (χ0v) is 8.40. The zero-order valence-electron chi connectivity index (χ0n) is 8.40. The first-order chi connectivity index (χ1) is 6.56. The number of hydrogen-bond donors (Lipinski definition) is 1. The molecule has 0 aromatic carbocycles. The van der Waals surface area contributed by atoms with Crippen LogP contribution in [-0.4, -0.2) is 48.2 Å². The molecule has 0 radical (unpaired) electrons. The second-order valence-electron chi connectivity index (χ2n) is 3.47. The van der Waals surface area contributed by atoms with Gasteiger partial charge in [0.05, 0.1) is 12.0 Å². The van der Waals surface area contributed by atoms with Crippen LogP contribution in [0.15, 0.2) is 0 Å². The lowest BCUT2D eigenvalue weighted by molar-refractivity contribution is -0.153. The molecule has 0 saturated carbocycles. The Kier molecular flexibility index (Phi) is 3.46. The molecule has 1 fully saturated rings. The molecule has 0 spiro atoms. The number of carboxylic acid groups (broad SMARTS) is 1. The van der Waals surface area contributed by atoms with Crippen LogP contribution in [0.4, 0.5) is 0 Å². The summed E-state index contributed by atoms with van der Waals surface area (Å²) >= 11 is 0. The van der Waals surface area contributed by atoms with Crippen molar-refractivity contribution in [2.45, 2.75) is 19.4 Å². The Morgan fingerprint density at radius 2 is 2.14 bits per heavy atom. The highest BCUT2D eigenvalue weighted by atomic mass is 16.5. The van der Waals surface area contributed by atoms with Crippen molar-refractivity contribution in [1.82, 2.24) is 4.90 Å². The van der Waals surface area contributed by atoms with Gasteiger partial charge in [0.1, 0.15) is 0 Å². The SMILES string of the molecule is COC1CN(C(C)=O)CCC1C(=O)O. The smallest absolute Gasteiger partial charge is 0.309 e. The average Bonchev–Trinajstić information content (AvgIpc) is 2.16. The number of nitrogens with zero attached hydrogens (tertiary/aromatic N) is 1. The Morgan fingerprint density at radius 1 is 1.50 bits per heavy atom. The third-order valence-corrected chi connectivity index (χ3v) is 2.62. The molecular formula is C9H15NO4. The number of carboxylic acids is 1. The van der Waals surface area contributed by atoms with Gasteiger partial charge in [-0.1, -0.05) is 0 Å². The van der Waals surface area contributed by atoms with Gasteiger partial charge < -0.3 is 14.7 Å². The summed E-state index contributed by atoms with van der Waals surface area (Å²) in [5, 5.41) is 8.88. The van der Waals surface area contributed by atoms with Crippen LogP contribution < -0.4 is 0 Å². The monoisotopic (exact) mass is 201 g/mol. The van der Waals surface area contributed by atoms with E-state index in [1.807, 2.05) is 0 Å². The zero-order chi connectivity index (χ0) is 10.7. The van der Waals surface area contributed by atoms with E-state index in [9.17, 15) is 9.59 Å². The van der Waals surface area contributed by atoms with Gasteiger partial charge in [-0.2, -0.15) is 0 Å². The molecule has 0 bridgehead atoms. The number of ether oxygens (including phenoxy) is 1. The van der Waals surface area contributed by atoms with Crippen molar-refractivity contribution in [1.29, 1.82) is 0 Å².